The van der Waals surface area contributed by atoms with Gasteiger partial charge in [0.25, 0.3) is 0 Å². The van der Waals surface area contributed by atoms with Crippen molar-refractivity contribution < 1.29 is 23.8 Å². The Morgan fingerprint density at radius 1 is 1.17 bits per heavy atom. The van der Waals surface area contributed by atoms with Crippen LogP contribution in [0.1, 0.15) is 56.1 Å². The van der Waals surface area contributed by atoms with E-state index in [-0.39, 0.29) is 23.9 Å². The molecule has 1 N–H and O–H groups in total. The molecule has 9 nitrogen and oxygen atoms in total. The normalized spacial score (nSPS) is 16.7. The molecule has 2 fully saturated rings. The molecule has 6 rings (SSSR count). The van der Waals surface area contributed by atoms with Crippen LogP contribution in [0.5, 0.6) is 11.5 Å². The summed E-state index contributed by atoms with van der Waals surface area (Å²) in [6.45, 7) is 4.90. The average Bonchev–Trinajstić information content (AvgIpc) is 3.71. The Morgan fingerprint density at radius 3 is 2.70 bits per heavy atom. The summed E-state index contributed by atoms with van der Waals surface area (Å²) in [7, 11) is 0. The van der Waals surface area contributed by atoms with Crippen LogP contribution in [0.3, 0.4) is 0 Å². The van der Waals surface area contributed by atoms with E-state index in [0.717, 1.165) is 73.2 Å². The molecule has 11 heteroatoms. The first-order valence-electron chi connectivity index (χ1n) is 15.4. The molecule has 46 heavy (non-hydrogen) atoms. The Labute approximate surface area is 271 Å². The number of carboxylic acids is 1. The van der Waals surface area contributed by atoms with Crippen molar-refractivity contribution in [3.63, 3.8) is 0 Å². The number of carboxylic acid groups (broad SMARTS) is 1. The highest BCUT2D eigenvalue weighted by Crippen LogP contribution is 2.50. The topological polar surface area (TPSA) is 113 Å². The molecule has 2 aromatic heterocycles. The third kappa shape index (κ3) is 7.49. The summed E-state index contributed by atoms with van der Waals surface area (Å²) in [4.78, 5) is 23.4. The second kappa shape index (κ2) is 13.5. The summed E-state index contributed by atoms with van der Waals surface area (Å²) in [5, 5.41) is 19.0. The van der Waals surface area contributed by atoms with Crippen molar-refractivity contribution in [3.05, 3.63) is 88.6 Å². The number of ether oxygens (including phenoxy) is 2. The van der Waals surface area contributed by atoms with E-state index in [2.05, 4.69) is 15.5 Å². The number of nitrogens with zero attached hydrogens (tertiary/aromatic N) is 5. The minimum Gasteiger partial charge on any atom is -0.490 e. The van der Waals surface area contributed by atoms with Gasteiger partial charge in [-0.15, -0.1) is 0 Å². The standard InChI is InChI=1S/C35H35ClFN5O4/c1-23(17-33(43)44)29-6-7-30-34(40-29)42(22-35(11-12-35)13-14-38)32(39-30)20-41-15-9-26(10-16-41)46-27-4-2-3-24(18-27)21-45-31-8-5-25(36)19-28(31)37/h2-8,17-19,26H,9-13,15-16,20-22H2,1H3,(H,43,44)/b23-17+. The minimum absolute atomic E-state index is 0.0542. The first-order valence-corrected chi connectivity index (χ1v) is 15.8. The zero-order valence-corrected chi connectivity index (χ0v) is 26.3. The smallest absolute Gasteiger partial charge is 0.328 e. The van der Waals surface area contributed by atoms with E-state index in [0.29, 0.717) is 35.8 Å². The quantitative estimate of drug-likeness (QED) is 0.164. The van der Waals surface area contributed by atoms with Crippen LogP contribution in [0, 0.1) is 22.6 Å². The number of benzene rings is 2. The summed E-state index contributed by atoms with van der Waals surface area (Å²) in [6, 6.07) is 18.1. The van der Waals surface area contributed by atoms with Crippen LogP contribution < -0.4 is 9.47 Å². The highest BCUT2D eigenvalue weighted by molar-refractivity contribution is 6.30. The lowest BCUT2D eigenvalue weighted by molar-refractivity contribution is -0.131. The number of nitriles is 1. The van der Waals surface area contributed by atoms with E-state index in [4.69, 9.17) is 31.0 Å². The molecule has 1 aliphatic heterocycles. The molecule has 238 valence electrons. The van der Waals surface area contributed by atoms with Crippen LogP contribution in [0.25, 0.3) is 16.7 Å². The highest BCUT2D eigenvalue weighted by Gasteiger charge is 2.43. The zero-order chi connectivity index (χ0) is 32.3. The molecule has 1 saturated heterocycles. The fourth-order valence-electron chi connectivity index (χ4n) is 5.92. The van der Waals surface area contributed by atoms with Crippen LogP contribution in [0.15, 0.2) is 60.7 Å². The second-order valence-corrected chi connectivity index (χ2v) is 12.7. The van der Waals surface area contributed by atoms with Gasteiger partial charge in [-0.25, -0.2) is 19.2 Å². The molecule has 0 unspecified atom stereocenters. The molecule has 0 amide bonds. The number of hydrogen-bond donors (Lipinski definition) is 1. The number of aromatic nitrogens is 3. The zero-order valence-electron chi connectivity index (χ0n) is 25.6. The summed E-state index contributed by atoms with van der Waals surface area (Å²) < 4.78 is 28.2. The van der Waals surface area contributed by atoms with Gasteiger partial charge in [0.1, 0.15) is 29.8 Å². The first kappa shape index (κ1) is 31.5. The maximum atomic E-state index is 14.1. The van der Waals surface area contributed by atoms with Gasteiger partial charge in [0, 0.05) is 42.6 Å². The van der Waals surface area contributed by atoms with Crippen molar-refractivity contribution in [3.8, 4) is 17.6 Å². The van der Waals surface area contributed by atoms with E-state index in [1.54, 1.807) is 19.1 Å². The first-order chi connectivity index (χ1) is 22.2. The molecule has 0 spiro atoms. The van der Waals surface area contributed by atoms with E-state index in [1.807, 2.05) is 30.3 Å². The summed E-state index contributed by atoms with van der Waals surface area (Å²) in [5.74, 6) is 0.280. The van der Waals surface area contributed by atoms with Crippen molar-refractivity contribution in [2.45, 2.75) is 64.8 Å². The Bertz CT molecular complexity index is 1820. The average molecular weight is 644 g/mol. The van der Waals surface area contributed by atoms with E-state index in [9.17, 15) is 19.6 Å². The van der Waals surface area contributed by atoms with Gasteiger partial charge in [-0.05, 0) is 86.2 Å². The largest absolute Gasteiger partial charge is 0.490 e. The molecule has 0 radical (unpaired) electrons. The fraction of sp³-hybridized carbons (Fsp3) is 0.371. The molecule has 4 aromatic rings. The van der Waals surface area contributed by atoms with E-state index < -0.39 is 11.8 Å². The number of piperidine rings is 1. The van der Waals surface area contributed by atoms with Crippen LogP contribution in [-0.2, 0) is 24.5 Å². The van der Waals surface area contributed by atoms with Gasteiger partial charge in [0.15, 0.2) is 17.2 Å². The van der Waals surface area contributed by atoms with Crippen molar-refractivity contribution in [2.75, 3.05) is 13.1 Å². The summed E-state index contributed by atoms with van der Waals surface area (Å²) >= 11 is 5.84. The Kier molecular flexibility index (Phi) is 9.24. The van der Waals surface area contributed by atoms with Gasteiger partial charge in [-0.3, -0.25) is 4.90 Å². The van der Waals surface area contributed by atoms with Gasteiger partial charge < -0.3 is 19.1 Å². The second-order valence-electron chi connectivity index (χ2n) is 12.3. The van der Waals surface area contributed by atoms with E-state index >= 15 is 0 Å². The van der Waals surface area contributed by atoms with Gasteiger partial charge >= 0.3 is 5.97 Å². The van der Waals surface area contributed by atoms with Gasteiger partial charge in [0.05, 0.1) is 18.3 Å². The predicted octanol–water partition coefficient (Wildman–Crippen LogP) is 7.03. The minimum atomic E-state index is -1.01. The lowest BCUT2D eigenvalue weighted by Gasteiger charge is -2.32. The van der Waals surface area contributed by atoms with E-state index in [1.165, 1.54) is 12.1 Å². The van der Waals surface area contributed by atoms with Gasteiger partial charge in [-0.1, -0.05) is 23.7 Å². The predicted molar refractivity (Wildman–Crippen MR) is 172 cm³/mol. The van der Waals surface area contributed by atoms with Gasteiger partial charge in [-0.2, -0.15) is 5.26 Å². The number of halogens is 2. The Balaban J connectivity index is 1.11. The molecule has 1 aliphatic carbocycles. The third-order valence-corrected chi connectivity index (χ3v) is 8.94. The van der Waals surface area contributed by atoms with Gasteiger partial charge in [0.2, 0.25) is 0 Å². The molecule has 2 aliphatic rings. The third-order valence-electron chi connectivity index (χ3n) is 8.71. The lowest BCUT2D eigenvalue weighted by Crippen LogP contribution is -2.38. The molecule has 0 atom stereocenters. The number of aliphatic carboxylic acids is 1. The molecule has 1 saturated carbocycles. The van der Waals surface area contributed by atoms with Crippen molar-refractivity contribution in [1.29, 1.82) is 5.26 Å². The number of fused-ring (bicyclic) bond motifs is 1. The molecular weight excluding hydrogens is 609 g/mol. The number of pyridine rings is 1. The highest BCUT2D eigenvalue weighted by atomic mass is 35.5. The Hall–Kier alpha value is -4.46. The lowest BCUT2D eigenvalue weighted by atomic mass is 10.0. The van der Waals surface area contributed by atoms with Crippen LogP contribution >= 0.6 is 11.6 Å². The summed E-state index contributed by atoms with van der Waals surface area (Å²) in [5.41, 5.74) is 3.45. The Morgan fingerprint density at radius 2 is 1.98 bits per heavy atom. The summed E-state index contributed by atoms with van der Waals surface area (Å²) in [6.07, 6.45) is 5.37. The van der Waals surface area contributed by atoms with Crippen molar-refractivity contribution in [2.24, 2.45) is 5.41 Å². The van der Waals surface area contributed by atoms with Crippen molar-refractivity contribution >= 4 is 34.3 Å². The fourth-order valence-corrected chi connectivity index (χ4v) is 6.08. The number of hydrogen-bond acceptors (Lipinski definition) is 7. The van der Waals surface area contributed by atoms with Crippen LogP contribution in [0.4, 0.5) is 4.39 Å². The number of rotatable bonds is 12. The number of imidazole rings is 1. The van der Waals surface area contributed by atoms with Crippen LogP contribution in [-0.4, -0.2) is 49.7 Å². The molecule has 3 heterocycles. The molecule has 2 aromatic carbocycles. The SMILES string of the molecule is C/C(=C\C(=O)O)c1ccc2nc(CN3CCC(Oc4cccc(COc5ccc(Cl)cc5F)c4)CC3)n(CC3(CC#N)CC3)c2n1. The number of carbonyl (C=O) groups is 1. The maximum Gasteiger partial charge on any atom is 0.328 e. The number of allylic oxidation sites excluding steroid dienone is 1. The maximum absolute atomic E-state index is 14.1. The van der Waals surface area contributed by atoms with Crippen LogP contribution in [0.2, 0.25) is 5.02 Å². The monoisotopic (exact) mass is 643 g/mol. The molecule has 0 bridgehead atoms. The number of likely N-dealkylation sites (tertiary alicyclic amines) is 1. The molecular formula is C35H35ClFN5O4. The van der Waals surface area contributed by atoms with Crippen molar-refractivity contribution in [1.82, 2.24) is 19.4 Å².